The first-order valence-electron chi connectivity index (χ1n) is 8.53. The predicted molar refractivity (Wildman–Crippen MR) is 103 cm³/mol. The molecule has 3 nitrogen and oxygen atoms in total. The number of hydrogen-bond acceptors (Lipinski definition) is 2. The van der Waals surface area contributed by atoms with E-state index in [4.69, 9.17) is 0 Å². The summed E-state index contributed by atoms with van der Waals surface area (Å²) >= 11 is 0. The second kappa shape index (κ2) is 8.25. The first kappa shape index (κ1) is 16.9. The highest BCUT2D eigenvalue weighted by Gasteiger charge is 2.43. The molecule has 2 aromatic rings. The summed E-state index contributed by atoms with van der Waals surface area (Å²) in [5.74, 6) is 0.378. The minimum Gasteiger partial charge on any atom is -0.273 e. The van der Waals surface area contributed by atoms with Gasteiger partial charge in [0.15, 0.2) is 0 Å². The van der Waals surface area contributed by atoms with Crippen LogP contribution in [0.2, 0.25) is 0 Å². The lowest BCUT2D eigenvalue weighted by Crippen LogP contribution is -2.21. The second-order valence-corrected chi connectivity index (χ2v) is 6.22. The van der Waals surface area contributed by atoms with Gasteiger partial charge in [-0.2, -0.15) is 5.10 Å². The Labute approximate surface area is 148 Å². The molecule has 2 atom stereocenters. The molecule has 2 aromatic carbocycles. The van der Waals surface area contributed by atoms with Crippen LogP contribution in [0.15, 0.2) is 84.0 Å². The fourth-order valence-corrected chi connectivity index (χ4v) is 2.74. The van der Waals surface area contributed by atoms with Crippen LogP contribution < -0.4 is 5.43 Å². The molecule has 3 heteroatoms. The predicted octanol–water partition coefficient (Wildman–Crippen LogP) is 4.55. The van der Waals surface area contributed by atoms with E-state index in [0.717, 1.165) is 17.7 Å². The van der Waals surface area contributed by atoms with Crippen LogP contribution >= 0.6 is 0 Å². The molecule has 0 spiro atoms. The topological polar surface area (TPSA) is 41.5 Å². The molecule has 1 N–H and O–H groups in total. The van der Waals surface area contributed by atoms with Crippen molar-refractivity contribution < 1.29 is 4.79 Å². The first-order valence-corrected chi connectivity index (χ1v) is 8.53. The van der Waals surface area contributed by atoms with Crippen molar-refractivity contribution in [3.8, 4) is 0 Å². The number of rotatable bonds is 6. The van der Waals surface area contributed by atoms with E-state index in [-0.39, 0.29) is 11.8 Å². The molecule has 0 saturated heterocycles. The maximum Gasteiger partial charge on any atom is 0.243 e. The fraction of sp³-hybridized carbons (Fsp3) is 0.182. The first-order chi connectivity index (χ1) is 12.2. The Kier molecular flexibility index (Phi) is 5.57. The second-order valence-electron chi connectivity index (χ2n) is 6.22. The van der Waals surface area contributed by atoms with Gasteiger partial charge >= 0.3 is 0 Å². The average molecular weight is 330 g/mol. The maximum atomic E-state index is 12.2. The summed E-state index contributed by atoms with van der Waals surface area (Å²) in [4.78, 5) is 12.2. The number of carbonyl (C=O) groups is 1. The van der Waals surface area contributed by atoms with Crippen LogP contribution in [0.1, 0.15) is 30.4 Å². The van der Waals surface area contributed by atoms with Gasteiger partial charge in [-0.1, -0.05) is 78.9 Å². The molecule has 1 amide bonds. The SMILES string of the molecule is CC(/C=C/C=C\c1ccccc1)=NNC(=O)[C@@H]1C[C@H]1c1ccccc1. The van der Waals surface area contributed by atoms with Crippen molar-refractivity contribution in [2.24, 2.45) is 11.0 Å². The molecule has 0 heterocycles. The maximum absolute atomic E-state index is 12.2. The quantitative estimate of drug-likeness (QED) is 0.471. The molecule has 126 valence electrons. The van der Waals surface area contributed by atoms with Crippen molar-refractivity contribution in [1.29, 1.82) is 0 Å². The van der Waals surface area contributed by atoms with Crippen molar-refractivity contribution >= 4 is 17.7 Å². The highest BCUT2D eigenvalue weighted by Crippen LogP contribution is 2.47. The third kappa shape index (κ3) is 5.01. The molecule has 0 unspecified atom stereocenters. The molecule has 0 radical (unpaired) electrons. The number of nitrogens with one attached hydrogen (secondary N) is 1. The van der Waals surface area contributed by atoms with E-state index in [1.54, 1.807) is 0 Å². The van der Waals surface area contributed by atoms with E-state index in [1.807, 2.05) is 79.8 Å². The van der Waals surface area contributed by atoms with Gasteiger partial charge < -0.3 is 0 Å². The number of allylic oxidation sites excluding steroid dienone is 3. The minimum atomic E-state index is 0.00132. The van der Waals surface area contributed by atoms with Gasteiger partial charge in [-0.3, -0.25) is 4.79 Å². The molecule has 0 aromatic heterocycles. The fourth-order valence-electron chi connectivity index (χ4n) is 2.74. The Balaban J connectivity index is 1.46. The zero-order chi connectivity index (χ0) is 17.5. The van der Waals surface area contributed by atoms with Gasteiger partial charge in [-0.15, -0.1) is 0 Å². The van der Waals surface area contributed by atoms with Crippen LogP contribution in [0, 0.1) is 5.92 Å². The molecule has 1 saturated carbocycles. The average Bonchev–Trinajstić information content (AvgIpc) is 3.46. The van der Waals surface area contributed by atoms with Gasteiger partial charge in [-0.25, -0.2) is 5.43 Å². The van der Waals surface area contributed by atoms with Gasteiger partial charge in [0.2, 0.25) is 5.91 Å². The third-order valence-electron chi connectivity index (χ3n) is 4.23. The number of nitrogens with zero attached hydrogens (tertiary/aromatic N) is 1. The Bertz CT molecular complexity index is 791. The van der Waals surface area contributed by atoms with E-state index in [2.05, 4.69) is 22.7 Å². The molecule has 1 aliphatic rings. The third-order valence-corrected chi connectivity index (χ3v) is 4.23. The molecular formula is C22H22N2O. The van der Waals surface area contributed by atoms with Gasteiger partial charge in [0, 0.05) is 5.92 Å². The molecular weight excluding hydrogens is 308 g/mol. The van der Waals surface area contributed by atoms with Gasteiger partial charge in [0.05, 0.1) is 5.71 Å². The highest BCUT2D eigenvalue weighted by atomic mass is 16.2. The summed E-state index contributed by atoms with van der Waals surface area (Å²) in [6.45, 7) is 1.87. The summed E-state index contributed by atoms with van der Waals surface area (Å²) in [7, 11) is 0. The monoisotopic (exact) mass is 330 g/mol. The lowest BCUT2D eigenvalue weighted by molar-refractivity contribution is -0.122. The van der Waals surface area contributed by atoms with Crippen LogP contribution in [0.4, 0.5) is 0 Å². The smallest absolute Gasteiger partial charge is 0.243 e. The molecule has 3 rings (SSSR count). The molecule has 0 aliphatic heterocycles. The van der Waals surface area contributed by atoms with Crippen molar-refractivity contribution in [1.82, 2.24) is 5.43 Å². The lowest BCUT2D eigenvalue weighted by Gasteiger charge is -2.00. The molecule has 1 aliphatic carbocycles. The van der Waals surface area contributed by atoms with Gasteiger partial charge in [0.25, 0.3) is 0 Å². The number of hydrogen-bond donors (Lipinski definition) is 1. The van der Waals surface area contributed by atoms with E-state index in [9.17, 15) is 4.79 Å². The number of benzene rings is 2. The number of carbonyl (C=O) groups excluding carboxylic acids is 1. The van der Waals surface area contributed by atoms with E-state index < -0.39 is 0 Å². The van der Waals surface area contributed by atoms with Crippen molar-refractivity contribution in [2.75, 3.05) is 0 Å². The zero-order valence-electron chi connectivity index (χ0n) is 14.3. The summed E-state index contributed by atoms with van der Waals surface area (Å²) in [5, 5.41) is 4.15. The molecule has 1 fully saturated rings. The van der Waals surface area contributed by atoms with Crippen LogP contribution in [0.5, 0.6) is 0 Å². The van der Waals surface area contributed by atoms with Gasteiger partial charge in [0.1, 0.15) is 0 Å². The summed E-state index contributed by atoms with van der Waals surface area (Å²) in [5.41, 5.74) is 5.82. The highest BCUT2D eigenvalue weighted by molar-refractivity contribution is 5.94. The Morgan fingerprint density at radius 2 is 1.72 bits per heavy atom. The van der Waals surface area contributed by atoms with Crippen LogP contribution in [0.3, 0.4) is 0 Å². The lowest BCUT2D eigenvalue weighted by atomic mass is 10.1. The van der Waals surface area contributed by atoms with Crippen LogP contribution in [-0.2, 0) is 4.79 Å². The molecule has 25 heavy (non-hydrogen) atoms. The minimum absolute atomic E-state index is 0.00132. The van der Waals surface area contributed by atoms with E-state index >= 15 is 0 Å². The van der Waals surface area contributed by atoms with Crippen molar-refractivity contribution in [3.63, 3.8) is 0 Å². The Morgan fingerprint density at radius 1 is 1.04 bits per heavy atom. The largest absolute Gasteiger partial charge is 0.273 e. The van der Waals surface area contributed by atoms with Gasteiger partial charge in [-0.05, 0) is 36.5 Å². The van der Waals surface area contributed by atoms with E-state index in [0.29, 0.717) is 5.92 Å². The zero-order valence-corrected chi connectivity index (χ0v) is 14.3. The summed E-state index contributed by atoms with van der Waals surface area (Å²) in [6.07, 6.45) is 8.68. The van der Waals surface area contributed by atoms with Crippen molar-refractivity contribution in [2.45, 2.75) is 19.3 Å². The molecule has 0 bridgehead atoms. The number of hydrazone groups is 1. The Hall–Kier alpha value is -2.94. The van der Waals surface area contributed by atoms with Crippen LogP contribution in [0.25, 0.3) is 6.08 Å². The normalized spacial score (nSPS) is 20.1. The Morgan fingerprint density at radius 3 is 2.44 bits per heavy atom. The summed E-state index contributed by atoms with van der Waals surface area (Å²) in [6, 6.07) is 20.3. The number of amides is 1. The standard InChI is InChI=1S/C22H22N2O/c1-17(10-8-9-13-18-11-4-2-5-12-18)23-24-22(25)21-16-20(21)19-14-6-3-7-15-19/h2-15,20-21H,16H2,1H3,(H,24,25)/b10-8+,13-9-,23-17?/t20-,21+/m0/s1. The van der Waals surface area contributed by atoms with E-state index in [1.165, 1.54) is 5.56 Å². The van der Waals surface area contributed by atoms with Crippen molar-refractivity contribution in [3.05, 3.63) is 90.0 Å². The van der Waals surface area contributed by atoms with Crippen LogP contribution in [-0.4, -0.2) is 11.6 Å². The summed E-state index contributed by atoms with van der Waals surface area (Å²) < 4.78 is 0.